The smallest absolute Gasteiger partial charge is 0.273 e. The van der Waals surface area contributed by atoms with Gasteiger partial charge in [-0.2, -0.15) is 0 Å². The number of aromatic nitrogens is 1. The Hall–Kier alpha value is -1.25. The number of hydrogen-bond acceptors (Lipinski definition) is 2. The molecule has 3 heteroatoms. The molecule has 0 spiro atoms. The van der Waals surface area contributed by atoms with Crippen molar-refractivity contribution in [2.45, 2.75) is 58.4 Å². The van der Waals surface area contributed by atoms with Gasteiger partial charge in [-0.1, -0.05) is 19.8 Å². The molecule has 0 aliphatic heterocycles. The van der Waals surface area contributed by atoms with Crippen molar-refractivity contribution in [1.82, 2.24) is 4.57 Å². The summed E-state index contributed by atoms with van der Waals surface area (Å²) in [6.45, 7) is 3.01. The Morgan fingerprint density at radius 3 is 2.82 bits per heavy atom. The van der Waals surface area contributed by atoms with E-state index in [1.165, 1.54) is 36.9 Å². The Labute approximate surface area is 103 Å². The molecule has 1 aliphatic rings. The summed E-state index contributed by atoms with van der Waals surface area (Å²) in [4.78, 5) is 12.1. The van der Waals surface area contributed by atoms with Crippen molar-refractivity contribution in [3.8, 4) is 0 Å². The summed E-state index contributed by atoms with van der Waals surface area (Å²) in [6.07, 6.45) is 7.97. The number of fused-ring (bicyclic) bond motifs is 1. The van der Waals surface area contributed by atoms with Crippen LogP contribution in [-0.4, -0.2) is 4.57 Å². The molecule has 0 aromatic carbocycles. The molecule has 1 heterocycles. The van der Waals surface area contributed by atoms with Crippen molar-refractivity contribution in [2.24, 2.45) is 0 Å². The lowest BCUT2D eigenvalue weighted by molar-refractivity contribution is 0.538. The normalized spacial score (nSPS) is 14.6. The predicted octanol–water partition coefficient (Wildman–Crippen LogP) is 2.50. The summed E-state index contributed by atoms with van der Waals surface area (Å²) in [6, 6.07) is 1.90. The molecule has 0 fully saturated rings. The van der Waals surface area contributed by atoms with Crippen molar-refractivity contribution in [1.29, 1.82) is 0 Å². The molecule has 1 aromatic heterocycles. The van der Waals surface area contributed by atoms with Crippen LogP contribution in [0.2, 0.25) is 0 Å². The topological polar surface area (TPSA) is 48.0 Å². The number of nitrogen functional groups attached to an aromatic ring is 1. The zero-order valence-electron chi connectivity index (χ0n) is 10.7. The van der Waals surface area contributed by atoms with Crippen LogP contribution in [-0.2, 0) is 19.4 Å². The third-order valence-electron chi connectivity index (χ3n) is 3.61. The van der Waals surface area contributed by atoms with Crippen molar-refractivity contribution in [3.63, 3.8) is 0 Å². The van der Waals surface area contributed by atoms with E-state index in [1.807, 2.05) is 10.6 Å². The van der Waals surface area contributed by atoms with Crippen molar-refractivity contribution < 1.29 is 0 Å². The summed E-state index contributed by atoms with van der Waals surface area (Å²) >= 11 is 0. The first kappa shape index (κ1) is 12.2. The number of anilines is 1. The van der Waals surface area contributed by atoms with Gasteiger partial charge in [0.15, 0.2) is 0 Å². The van der Waals surface area contributed by atoms with E-state index in [-0.39, 0.29) is 5.56 Å². The van der Waals surface area contributed by atoms with E-state index >= 15 is 0 Å². The minimum atomic E-state index is 0.0155. The molecule has 0 atom stereocenters. The van der Waals surface area contributed by atoms with Gasteiger partial charge in [-0.25, -0.2) is 0 Å². The third kappa shape index (κ3) is 2.54. The average Bonchev–Trinajstić information content (AvgIpc) is 2.34. The zero-order valence-corrected chi connectivity index (χ0v) is 10.7. The van der Waals surface area contributed by atoms with E-state index in [0.717, 1.165) is 25.8 Å². The molecule has 0 amide bonds. The fraction of sp³-hybridized carbons (Fsp3) is 0.643. The highest BCUT2D eigenvalue weighted by molar-refractivity contribution is 5.42. The SMILES string of the molecule is CCCCCn1c2c(cc(N)c1=O)CCCC2. The Bertz CT molecular complexity index is 448. The molecule has 0 bridgehead atoms. The Morgan fingerprint density at radius 1 is 1.29 bits per heavy atom. The first-order chi connectivity index (χ1) is 8.24. The zero-order chi connectivity index (χ0) is 12.3. The third-order valence-corrected chi connectivity index (χ3v) is 3.61. The average molecular weight is 234 g/mol. The molecule has 3 nitrogen and oxygen atoms in total. The van der Waals surface area contributed by atoms with Crippen LogP contribution in [0.25, 0.3) is 0 Å². The molecule has 0 saturated carbocycles. The number of pyridine rings is 1. The Balaban J connectivity index is 2.33. The number of nitrogens with two attached hydrogens (primary N) is 1. The molecule has 1 aliphatic carbocycles. The van der Waals surface area contributed by atoms with Crippen LogP contribution in [0.3, 0.4) is 0 Å². The van der Waals surface area contributed by atoms with E-state index < -0.39 is 0 Å². The number of hydrogen-bond donors (Lipinski definition) is 1. The highest BCUT2D eigenvalue weighted by Crippen LogP contribution is 2.21. The van der Waals surface area contributed by atoms with Gasteiger partial charge in [0.25, 0.3) is 5.56 Å². The number of unbranched alkanes of at least 4 members (excludes halogenated alkanes) is 2. The highest BCUT2D eigenvalue weighted by Gasteiger charge is 2.16. The summed E-state index contributed by atoms with van der Waals surface area (Å²) in [5.74, 6) is 0. The maximum atomic E-state index is 12.1. The van der Waals surface area contributed by atoms with Crippen molar-refractivity contribution in [3.05, 3.63) is 27.7 Å². The van der Waals surface area contributed by atoms with E-state index in [1.54, 1.807) is 0 Å². The lowest BCUT2D eigenvalue weighted by Crippen LogP contribution is -2.29. The molecular weight excluding hydrogens is 212 g/mol. The minimum absolute atomic E-state index is 0.0155. The number of nitrogens with zero attached hydrogens (tertiary/aromatic N) is 1. The molecule has 17 heavy (non-hydrogen) atoms. The van der Waals surface area contributed by atoms with Crippen LogP contribution in [0.5, 0.6) is 0 Å². The van der Waals surface area contributed by atoms with Gasteiger partial charge in [-0.3, -0.25) is 4.79 Å². The summed E-state index contributed by atoms with van der Waals surface area (Å²) < 4.78 is 1.93. The van der Waals surface area contributed by atoms with Gasteiger partial charge >= 0.3 is 0 Å². The molecule has 94 valence electrons. The van der Waals surface area contributed by atoms with E-state index in [9.17, 15) is 4.79 Å². The summed E-state index contributed by atoms with van der Waals surface area (Å²) in [7, 11) is 0. The van der Waals surface area contributed by atoms with Gasteiger partial charge in [0.2, 0.25) is 0 Å². The number of aryl methyl sites for hydroxylation is 1. The minimum Gasteiger partial charge on any atom is -0.394 e. The lowest BCUT2D eigenvalue weighted by atomic mass is 9.95. The van der Waals surface area contributed by atoms with Crippen LogP contribution < -0.4 is 11.3 Å². The molecule has 2 N–H and O–H groups in total. The maximum absolute atomic E-state index is 12.1. The fourth-order valence-electron chi connectivity index (χ4n) is 2.66. The highest BCUT2D eigenvalue weighted by atomic mass is 16.1. The predicted molar refractivity (Wildman–Crippen MR) is 71.3 cm³/mol. The summed E-state index contributed by atoms with van der Waals surface area (Å²) in [5.41, 5.74) is 8.79. The molecule has 0 unspecified atom stereocenters. The second-order valence-corrected chi connectivity index (χ2v) is 4.94. The Kier molecular flexibility index (Phi) is 3.87. The maximum Gasteiger partial charge on any atom is 0.273 e. The van der Waals surface area contributed by atoms with E-state index in [2.05, 4.69) is 6.92 Å². The van der Waals surface area contributed by atoms with Gasteiger partial charge < -0.3 is 10.3 Å². The van der Waals surface area contributed by atoms with Crippen LogP contribution in [0.4, 0.5) is 5.69 Å². The molecular formula is C14H22N2O. The van der Waals surface area contributed by atoms with Gasteiger partial charge in [0.05, 0.1) is 5.69 Å². The van der Waals surface area contributed by atoms with Crippen molar-refractivity contribution in [2.75, 3.05) is 5.73 Å². The first-order valence-corrected chi connectivity index (χ1v) is 6.75. The van der Waals surface area contributed by atoms with Gasteiger partial charge in [-0.15, -0.1) is 0 Å². The monoisotopic (exact) mass is 234 g/mol. The fourth-order valence-corrected chi connectivity index (χ4v) is 2.66. The molecule has 0 radical (unpaired) electrons. The van der Waals surface area contributed by atoms with Crippen LogP contribution in [0.15, 0.2) is 10.9 Å². The lowest BCUT2D eigenvalue weighted by Gasteiger charge is -2.21. The number of rotatable bonds is 4. The van der Waals surface area contributed by atoms with Gasteiger partial charge in [0.1, 0.15) is 0 Å². The summed E-state index contributed by atoms with van der Waals surface area (Å²) in [5, 5.41) is 0. The quantitative estimate of drug-likeness (QED) is 0.814. The standard InChI is InChI=1S/C14H22N2O/c1-2-3-6-9-16-13-8-5-4-7-11(13)10-12(15)14(16)17/h10H,2-9,15H2,1H3. The van der Waals surface area contributed by atoms with Gasteiger partial charge in [-0.05, 0) is 43.7 Å². The van der Waals surface area contributed by atoms with Crippen LogP contribution >= 0.6 is 0 Å². The van der Waals surface area contributed by atoms with E-state index in [0.29, 0.717) is 5.69 Å². The van der Waals surface area contributed by atoms with Crippen LogP contribution in [0.1, 0.15) is 50.3 Å². The molecule has 2 rings (SSSR count). The second kappa shape index (κ2) is 5.39. The van der Waals surface area contributed by atoms with Crippen molar-refractivity contribution >= 4 is 5.69 Å². The van der Waals surface area contributed by atoms with Crippen LogP contribution in [0, 0.1) is 0 Å². The second-order valence-electron chi connectivity index (χ2n) is 4.94. The molecule has 0 saturated heterocycles. The Morgan fingerprint density at radius 2 is 2.06 bits per heavy atom. The van der Waals surface area contributed by atoms with E-state index in [4.69, 9.17) is 5.73 Å². The van der Waals surface area contributed by atoms with Gasteiger partial charge in [0, 0.05) is 12.2 Å². The largest absolute Gasteiger partial charge is 0.394 e. The first-order valence-electron chi connectivity index (χ1n) is 6.75. The molecule has 1 aromatic rings.